The van der Waals surface area contributed by atoms with Gasteiger partial charge in [0.2, 0.25) is 17.7 Å². The molecule has 0 heterocycles. The maximum absolute atomic E-state index is 12.8. The smallest absolute Gasteiger partial charge is 0.326 e. The number of unbranched alkanes of at least 4 members (excludes halogenated alkanes) is 14. The molecule has 14 nitrogen and oxygen atoms in total. The Hall–Kier alpha value is -2.45. The number of carbonyl (C=O) groups excluding carboxylic acids is 4. The molecule has 0 rings (SSSR count). The van der Waals surface area contributed by atoms with Crippen molar-refractivity contribution in [3.63, 3.8) is 0 Å². The zero-order valence-electron chi connectivity index (χ0n) is 29.1. The number of nitrogens with one attached hydrogen (secondary N) is 3. The molecule has 0 aromatic carbocycles. The second-order valence-electron chi connectivity index (χ2n) is 12.3. The molecule has 0 spiro atoms. The fourth-order valence-corrected chi connectivity index (χ4v) is 5.24. The maximum atomic E-state index is 12.8. The van der Waals surface area contributed by atoms with Gasteiger partial charge in [-0.25, -0.2) is 9.59 Å². The van der Waals surface area contributed by atoms with E-state index in [0.717, 1.165) is 51.4 Å². The Morgan fingerprint density at radius 1 is 0.510 bits per heavy atom. The molecule has 0 bridgehead atoms. The van der Waals surface area contributed by atoms with Gasteiger partial charge in [-0.2, -0.15) is 0 Å². The first-order chi connectivity index (χ1) is 23.0. The van der Waals surface area contributed by atoms with Crippen LogP contribution in [0.2, 0.25) is 0 Å². The second-order valence-corrected chi connectivity index (χ2v) is 12.3. The third-order valence-electron chi connectivity index (χ3n) is 8.09. The Balaban J connectivity index is 0. The molecule has 0 saturated heterocycles. The number of carboxylic acids is 3. The van der Waals surface area contributed by atoms with E-state index < -0.39 is 53.8 Å². The van der Waals surface area contributed by atoms with Crippen molar-refractivity contribution >= 4 is 41.9 Å². The van der Waals surface area contributed by atoms with E-state index in [2.05, 4.69) is 16.0 Å². The molecule has 3 amide bonds. The number of aliphatic carboxylic acids is 3. The van der Waals surface area contributed by atoms with Crippen LogP contribution in [0.4, 0.5) is 0 Å². The van der Waals surface area contributed by atoms with Gasteiger partial charge in [-0.3, -0.25) is 25.5 Å². The van der Waals surface area contributed by atoms with Crippen LogP contribution >= 0.6 is 0 Å². The van der Waals surface area contributed by atoms with Crippen LogP contribution in [0.1, 0.15) is 148 Å². The molecule has 15 heteroatoms. The summed E-state index contributed by atoms with van der Waals surface area (Å²) >= 11 is 0. The van der Waals surface area contributed by atoms with Gasteiger partial charge in [0.05, 0.1) is 0 Å². The normalized spacial score (nSPS) is 12.5. The Morgan fingerprint density at radius 2 is 0.939 bits per heavy atom. The Morgan fingerprint density at radius 3 is 1.39 bits per heavy atom. The molecule has 0 aliphatic rings. The number of carbonyl (C=O) groups is 6. The summed E-state index contributed by atoms with van der Waals surface area (Å²) in [5.74, 6) is -5.10. The van der Waals surface area contributed by atoms with Crippen molar-refractivity contribution < 1.29 is 81.6 Å². The standard InChI is InChI=1S/C34H59N4O10.Y/c35-24-16-15-18-26(32(44)38-27(33(45)46)19-17-25-39)36-30(41)23-22-28(34(47)48)37-29(40)20-13-11-9-7-5-3-1-2-4-6-8-10-12-14-21-31(42)43;/h26-28H,1-24,35H2,(H,36,41)(H,37,40)(H,38,44)(H,42,43)(H,45,46)(H,47,48);/q-1;. The third-order valence-corrected chi connectivity index (χ3v) is 8.09. The van der Waals surface area contributed by atoms with Crippen LogP contribution in [-0.2, 0) is 66.3 Å². The molecule has 0 aliphatic carbocycles. The summed E-state index contributed by atoms with van der Waals surface area (Å²) in [6.45, 7) is 0.359. The summed E-state index contributed by atoms with van der Waals surface area (Å²) in [7, 11) is 0. The minimum atomic E-state index is -1.33. The van der Waals surface area contributed by atoms with E-state index in [1.807, 2.05) is 0 Å². The molecule has 279 valence electrons. The van der Waals surface area contributed by atoms with Gasteiger partial charge in [-0.05, 0) is 51.5 Å². The summed E-state index contributed by atoms with van der Waals surface area (Å²) in [5.41, 5.74) is 5.51. The summed E-state index contributed by atoms with van der Waals surface area (Å²) in [6, 6.07) is -3.69. The molecule has 0 aromatic rings. The van der Waals surface area contributed by atoms with Crippen LogP contribution in [0.3, 0.4) is 0 Å². The van der Waals surface area contributed by atoms with Crippen LogP contribution < -0.4 is 21.7 Å². The predicted molar refractivity (Wildman–Crippen MR) is 180 cm³/mol. The minimum Gasteiger partial charge on any atom is -0.542 e. The Bertz CT molecular complexity index is 969. The largest absolute Gasteiger partial charge is 0.542 e. The predicted octanol–water partition coefficient (Wildman–Crippen LogP) is 3.73. The first-order valence-corrected chi connectivity index (χ1v) is 17.6. The van der Waals surface area contributed by atoms with Gasteiger partial charge in [-0.15, -0.1) is 6.42 Å². The number of hydrogen-bond acceptors (Lipinski definition) is 8. The fourth-order valence-electron chi connectivity index (χ4n) is 5.24. The maximum Gasteiger partial charge on any atom is 0.326 e. The SMILES string of the molecule is NCCCCC(NC(=O)CCC(NC(=O)CCCCCCCCCCCCCCCCC(=O)O)C(=O)O)C(=O)NC(CC[C-]=O)C(=O)O.[Y]. The van der Waals surface area contributed by atoms with Gasteiger partial charge >= 0.3 is 17.9 Å². The van der Waals surface area contributed by atoms with Gasteiger partial charge in [0.15, 0.2) is 0 Å². The average molecular weight is 773 g/mol. The van der Waals surface area contributed by atoms with Crippen molar-refractivity contribution in [2.45, 2.75) is 166 Å². The molecule has 0 aromatic heterocycles. The number of amides is 3. The Kier molecular flexibility index (Phi) is 32.5. The van der Waals surface area contributed by atoms with Crippen LogP contribution in [0.15, 0.2) is 0 Å². The van der Waals surface area contributed by atoms with Gasteiger partial charge in [0.25, 0.3) is 0 Å². The topological polar surface area (TPSA) is 242 Å². The minimum absolute atomic E-state index is 0. The zero-order chi connectivity index (χ0) is 36.0. The van der Waals surface area contributed by atoms with Gasteiger partial charge in [0, 0.05) is 52.0 Å². The van der Waals surface area contributed by atoms with Gasteiger partial charge in [-0.1, -0.05) is 77.0 Å². The van der Waals surface area contributed by atoms with Crippen molar-refractivity contribution in [3.05, 3.63) is 0 Å². The monoisotopic (exact) mass is 772 g/mol. The molecule has 3 unspecified atom stereocenters. The molecule has 0 aliphatic heterocycles. The first-order valence-electron chi connectivity index (χ1n) is 17.6. The van der Waals surface area contributed by atoms with E-state index in [9.17, 15) is 43.8 Å². The first kappa shape index (κ1) is 48.7. The van der Waals surface area contributed by atoms with E-state index in [0.29, 0.717) is 25.8 Å². The molecule has 3 atom stereocenters. The van der Waals surface area contributed by atoms with Crippen LogP contribution in [0, 0.1) is 0 Å². The van der Waals surface area contributed by atoms with E-state index >= 15 is 0 Å². The summed E-state index contributed by atoms with van der Waals surface area (Å²) in [5, 5.41) is 34.8. The molecule has 0 saturated carbocycles. The molecule has 1 radical (unpaired) electrons. The summed E-state index contributed by atoms with van der Waals surface area (Å²) in [6.07, 6.45) is 17.1. The van der Waals surface area contributed by atoms with Crippen molar-refractivity contribution in [2.24, 2.45) is 5.73 Å². The van der Waals surface area contributed by atoms with Gasteiger partial charge < -0.3 is 41.8 Å². The van der Waals surface area contributed by atoms with Crippen LogP contribution in [0.5, 0.6) is 0 Å². The third kappa shape index (κ3) is 29.0. The molecular formula is C34H59N4O10Y-. The number of nitrogens with two attached hydrogens (primary N) is 1. The molecule has 49 heavy (non-hydrogen) atoms. The zero-order valence-corrected chi connectivity index (χ0v) is 31.9. The van der Waals surface area contributed by atoms with Gasteiger partial charge in [0.1, 0.15) is 18.1 Å². The quantitative estimate of drug-likeness (QED) is 0.0374. The Labute approximate surface area is 316 Å². The van der Waals surface area contributed by atoms with Crippen molar-refractivity contribution in [3.8, 4) is 0 Å². The van der Waals surface area contributed by atoms with Crippen molar-refractivity contribution in [1.29, 1.82) is 0 Å². The van der Waals surface area contributed by atoms with E-state index in [1.165, 1.54) is 32.1 Å². The molecular weight excluding hydrogens is 713 g/mol. The fraction of sp³-hybridized carbons (Fsp3) is 0.794. The molecule has 0 fully saturated rings. The summed E-state index contributed by atoms with van der Waals surface area (Å²) < 4.78 is 0. The summed E-state index contributed by atoms with van der Waals surface area (Å²) in [4.78, 5) is 81.9. The number of hydrogen-bond donors (Lipinski definition) is 7. The average Bonchev–Trinajstić information content (AvgIpc) is 3.03. The van der Waals surface area contributed by atoms with Crippen LogP contribution in [0.25, 0.3) is 0 Å². The van der Waals surface area contributed by atoms with E-state index in [4.69, 9.17) is 10.8 Å². The van der Waals surface area contributed by atoms with E-state index in [1.54, 1.807) is 6.29 Å². The van der Waals surface area contributed by atoms with E-state index in [-0.39, 0.29) is 77.7 Å². The van der Waals surface area contributed by atoms with Crippen molar-refractivity contribution in [1.82, 2.24) is 16.0 Å². The van der Waals surface area contributed by atoms with Crippen molar-refractivity contribution in [2.75, 3.05) is 6.54 Å². The second kappa shape index (κ2) is 32.7. The van der Waals surface area contributed by atoms with Crippen LogP contribution in [-0.4, -0.2) is 81.9 Å². The molecule has 8 N–H and O–H groups in total. The number of rotatable bonds is 33. The number of carboxylic acid groups (broad SMARTS) is 3.